The molecule has 0 bridgehead atoms. The number of H-pyrrole nitrogens is 1. The second kappa shape index (κ2) is 7.03. The summed E-state index contributed by atoms with van der Waals surface area (Å²) in [7, 11) is 0. The molecule has 1 aromatic heterocycles. The van der Waals surface area contributed by atoms with Crippen molar-refractivity contribution in [2.75, 3.05) is 26.2 Å². The van der Waals surface area contributed by atoms with Crippen LogP contribution < -0.4 is 0 Å². The Balaban J connectivity index is 1.52. The fraction of sp³-hybridized carbons (Fsp3) is 0.529. The number of hydrogen-bond donors (Lipinski definition) is 1. The Morgan fingerprint density at radius 3 is 2.91 bits per heavy atom. The van der Waals surface area contributed by atoms with Gasteiger partial charge in [-0.1, -0.05) is 37.3 Å². The van der Waals surface area contributed by atoms with Gasteiger partial charge in [0.05, 0.1) is 6.61 Å². The van der Waals surface area contributed by atoms with Gasteiger partial charge in [0.1, 0.15) is 11.9 Å². The van der Waals surface area contributed by atoms with Crippen LogP contribution in [0.3, 0.4) is 0 Å². The molecule has 3 rings (SSSR count). The Kier molecular flexibility index (Phi) is 4.85. The number of aryl methyl sites for hydroxylation is 1. The molecule has 1 aromatic carbocycles. The number of ether oxygens (including phenoxy) is 1. The van der Waals surface area contributed by atoms with Crippen LogP contribution in [0.1, 0.15) is 42.6 Å². The first kappa shape index (κ1) is 15.2. The third kappa shape index (κ3) is 3.72. The molecule has 2 atom stereocenters. The normalized spacial score (nSPS) is 20.9. The molecule has 0 amide bonds. The maximum Gasteiger partial charge on any atom is 0.180 e. The zero-order chi connectivity index (χ0) is 15.4. The van der Waals surface area contributed by atoms with Crippen molar-refractivity contribution in [2.45, 2.75) is 32.3 Å². The number of nitrogens with zero attached hydrogens (tertiary/aromatic N) is 3. The Bertz CT molecular complexity index is 583. The zero-order valence-electron chi connectivity index (χ0n) is 13.3. The van der Waals surface area contributed by atoms with Crippen LogP contribution >= 0.6 is 0 Å². The van der Waals surface area contributed by atoms with Crippen molar-refractivity contribution in [3.8, 4) is 0 Å². The molecule has 0 unspecified atom stereocenters. The third-order valence-corrected chi connectivity index (χ3v) is 4.30. The van der Waals surface area contributed by atoms with Crippen molar-refractivity contribution in [2.24, 2.45) is 0 Å². The highest BCUT2D eigenvalue weighted by Crippen LogP contribution is 2.22. The van der Waals surface area contributed by atoms with E-state index in [1.807, 2.05) is 6.92 Å². The molecular formula is C17H24N4O. The van der Waals surface area contributed by atoms with E-state index in [1.165, 1.54) is 5.56 Å². The fourth-order valence-electron chi connectivity index (χ4n) is 2.89. The lowest BCUT2D eigenvalue weighted by Gasteiger charge is -2.32. The van der Waals surface area contributed by atoms with Crippen molar-refractivity contribution in [1.29, 1.82) is 0 Å². The SMILES string of the molecule is Cc1nc([C@H]2CN(CC[C@H](C)c3ccccc3)CCO2)n[nH]1. The summed E-state index contributed by atoms with van der Waals surface area (Å²) in [5, 5.41) is 7.12. The van der Waals surface area contributed by atoms with Gasteiger partial charge in [-0.15, -0.1) is 0 Å². The van der Waals surface area contributed by atoms with Crippen LogP contribution in [0.4, 0.5) is 0 Å². The number of morpholine rings is 1. The topological polar surface area (TPSA) is 54.0 Å². The molecule has 5 heteroatoms. The predicted octanol–water partition coefficient (Wildman–Crippen LogP) is 2.68. The summed E-state index contributed by atoms with van der Waals surface area (Å²) >= 11 is 0. The van der Waals surface area contributed by atoms with Gasteiger partial charge < -0.3 is 4.74 Å². The lowest BCUT2D eigenvalue weighted by molar-refractivity contribution is -0.0348. The van der Waals surface area contributed by atoms with E-state index in [2.05, 4.69) is 57.3 Å². The second-order valence-electron chi connectivity index (χ2n) is 6.04. The molecule has 0 radical (unpaired) electrons. The summed E-state index contributed by atoms with van der Waals surface area (Å²) in [4.78, 5) is 6.85. The van der Waals surface area contributed by atoms with Gasteiger partial charge in [-0.05, 0) is 31.4 Å². The van der Waals surface area contributed by atoms with E-state index in [4.69, 9.17) is 4.74 Å². The molecule has 22 heavy (non-hydrogen) atoms. The van der Waals surface area contributed by atoms with Crippen molar-refractivity contribution in [3.63, 3.8) is 0 Å². The predicted molar refractivity (Wildman–Crippen MR) is 85.7 cm³/mol. The van der Waals surface area contributed by atoms with Crippen molar-refractivity contribution >= 4 is 0 Å². The summed E-state index contributed by atoms with van der Waals surface area (Å²) in [5.41, 5.74) is 1.41. The van der Waals surface area contributed by atoms with Crippen LogP contribution in [0.25, 0.3) is 0 Å². The van der Waals surface area contributed by atoms with Crippen LogP contribution in [-0.2, 0) is 4.74 Å². The number of nitrogens with one attached hydrogen (secondary N) is 1. The van der Waals surface area contributed by atoms with E-state index in [1.54, 1.807) is 0 Å². The Labute approximate surface area is 131 Å². The maximum atomic E-state index is 5.81. The minimum atomic E-state index is -0.00858. The lowest BCUT2D eigenvalue weighted by Crippen LogP contribution is -2.39. The Morgan fingerprint density at radius 1 is 1.36 bits per heavy atom. The maximum absolute atomic E-state index is 5.81. The van der Waals surface area contributed by atoms with E-state index in [-0.39, 0.29) is 6.10 Å². The van der Waals surface area contributed by atoms with Crippen molar-refractivity contribution < 1.29 is 4.74 Å². The highest BCUT2D eigenvalue weighted by atomic mass is 16.5. The van der Waals surface area contributed by atoms with Crippen LogP contribution in [0.2, 0.25) is 0 Å². The van der Waals surface area contributed by atoms with Gasteiger partial charge in [-0.2, -0.15) is 5.10 Å². The first-order valence-electron chi connectivity index (χ1n) is 8.00. The van der Waals surface area contributed by atoms with E-state index >= 15 is 0 Å². The van der Waals surface area contributed by atoms with Gasteiger partial charge in [0.2, 0.25) is 0 Å². The molecular weight excluding hydrogens is 276 g/mol. The van der Waals surface area contributed by atoms with E-state index in [9.17, 15) is 0 Å². The average molecular weight is 300 g/mol. The Morgan fingerprint density at radius 2 is 2.18 bits per heavy atom. The fourth-order valence-corrected chi connectivity index (χ4v) is 2.89. The number of aromatic amines is 1. The molecule has 1 saturated heterocycles. The van der Waals surface area contributed by atoms with Crippen molar-refractivity contribution in [3.05, 3.63) is 47.5 Å². The lowest BCUT2D eigenvalue weighted by atomic mass is 9.97. The molecule has 2 aromatic rings. The summed E-state index contributed by atoms with van der Waals surface area (Å²) in [6.45, 7) is 7.90. The smallest absolute Gasteiger partial charge is 0.180 e. The summed E-state index contributed by atoms with van der Waals surface area (Å²) in [6, 6.07) is 10.7. The van der Waals surface area contributed by atoms with Gasteiger partial charge in [0, 0.05) is 13.1 Å². The molecule has 1 aliphatic rings. The largest absolute Gasteiger partial charge is 0.367 e. The second-order valence-corrected chi connectivity index (χ2v) is 6.04. The summed E-state index contributed by atoms with van der Waals surface area (Å²) < 4.78 is 5.81. The standard InChI is InChI=1S/C17H24N4O/c1-13(15-6-4-3-5-7-15)8-9-21-10-11-22-16(12-21)17-18-14(2)19-20-17/h3-7,13,16H,8-12H2,1-2H3,(H,18,19,20)/t13-,16+/m0/s1. The van der Waals surface area contributed by atoms with Gasteiger partial charge in [0.15, 0.2) is 5.82 Å². The molecule has 0 aliphatic carbocycles. The first-order valence-corrected chi connectivity index (χ1v) is 8.00. The molecule has 0 saturated carbocycles. The number of hydrogen-bond acceptors (Lipinski definition) is 4. The minimum absolute atomic E-state index is 0.00858. The molecule has 118 valence electrons. The zero-order valence-corrected chi connectivity index (χ0v) is 13.3. The number of benzene rings is 1. The van der Waals surface area contributed by atoms with Crippen LogP contribution in [0.15, 0.2) is 30.3 Å². The van der Waals surface area contributed by atoms with Crippen LogP contribution in [-0.4, -0.2) is 46.3 Å². The summed E-state index contributed by atoms with van der Waals surface area (Å²) in [6.07, 6.45) is 1.15. The monoisotopic (exact) mass is 300 g/mol. The van der Waals surface area contributed by atoms with E-state index in [0.717, 1.165) is 44.3 Å². The number of aromatic nitrogens is 3. The molecule has 0 spiro atoms. The van der Waals surface area contributed by atoms with Crippen LogP contribution in [0, 0.1) is 6.92 Å². The van der Waals surface area contributed by atoms with Gasteiger partial charge in [0.25, 0.3) is 0 Å². The van der Waals surface area contributed by atoms with E-state index in [0.29, 0.717) is 5.92 Å². The van der Waals surface area contributed by atoms with E-state index < -0.39 is 0 Å². The average Bonchev–Trinajstić information content (AvgIpc) is 3.00. The van der Waals surface area contributed by atoms with Gasteiger partial charge >= 0.3 is 0 Å². The molecule has 1 N–H and O–H groups in total. The van der Waals surface area contributed by atoms with Gasteiger partial charge in [-0.3, -0.25) is 10.00 Å². The molecule has 2 heterocycles. The van der Waals surface area contributed by atoms with Crippen LogP contribution in [0.5, 0.6) is 0 Å². The summed E-state index contributed by atoms with van der Waals surface area (Å²) in [5.74, 6) is 2.19. The number of rotatable bonds is 5. The highest BCUT2D eigenvalue weighted by molar-refractivity contribution is 5.18. The van der Waals surface area contributed by atoms with Crippen molar-refractivity contribution in [1.82, 2.24) is 20.1 Å². The Hall–Kier alpha value is -1.72. The molecule has 5 nitrogen and oxygen atoms in total. The minimum Gasteiger partial charge on any atom is -0.367 e. The van der Waals surface area contributed by atoms with Gasteiger partial charge in [-0.25, -0.2) is 4.98 Å². The quantitative estimate of drug-likeness (QED) is 0.922. The molecule has 1 fully saturated rings. The third-order valence-electron chi connectivity index (χ3n) is 4.30. The highest BCUT2D eigenvalue weighted by Gasteiger charge is 2.25. The molecule has 1 aliphatic heterocycles. The first-order chi connectivity index (χ1) is 10.7.